The Hall–Kier alpha value is -0.890. The van der Waals surface area contributed by atoms with Crippen LogP contribution in [0.2, 0.25) is 0 Å². The summed E-state index contributed by atoms with van der Waals surface area (Å²) in [5.74, 6) is -6.99. The van der Waals surface area contributed by atoms with Crippen LogP contribution in [-0.2, 0) is 0 Å². The van der Waals surface area contributed by atoms with Gasteiger partial charge in [-0.15, -0.1) is 0 Å². The van der Waals surface area contributed by atoms with Crippen molar-refractivity contribution >= 4 is 5.97 Å². The molecule has 0 saturated carbocycles. The van der Waals surface area contributed by atoms with Crippen molar-refractivity contribution in [1.29, 1.82) is 0 Å². The van der Waals surface area contributed by atoms with Crippen molar-refractivity contribution in [2.75, 3.05) is 6.54 Å². The summed E-state index contributed by atoms with van der Waals surface area (Å²) in [7, 11) is 0. The molecule has 102 valence electrons. The van der Waals surface area contributed by atoms with E-state index in [1.807, 2.05) is 0 Å². The predicted molar refractivity (Wildman–Crippen MR) is 44.2 cm³/mol. The summed E-state index contributed by atoms with van der Waals surface area (Å²) in [6, 6.07) is 0. The van der Waals surface area contributed by atoms with Crippen LogP contribution < -0.4 is 0 Å². The highest BCUT2D eigenvalue weighted by molar-refractivity contribution is 5.79. The molecule has 0 N–H and O–H groups in total. The molecule has 0 aliphatic carbocycles. The van der Waals surface area contributed by atoms with E-state index in [9.17, 15) is 35.1 Å². The van der Waals surface area contributed by atoms with Crippen LogP contribution in [-0.4, -0.2) is 30.5 Å². The van der Waals surface area contributed by atoms with Gasteiger partial charge >= 0.3 is 12.4 Å². The number of rotatable bonds is 3. The number of hydrogen-bond acceptors (Lipinski definition) is 1. The second-order valence-electron chi connectivity index (χ2n) is 3.87. The van der Waals surface area contributed by atoms with Crippen LogP contribution in [0.15, 0.2) is 4.99 Å². The minimum Gasteiger partial charge on any atom is -0.258 e. The van der Waals surface area contributed by atoms with Crippen molar-refractivity contribution in [3.05, 3.63) is 0 Å². The first-order valence-electron chi connectivity index (χ1n) is 4.27. The second-order valence-corrected chi connectivity index (χ2v) is 3.87. The standard InChI is InChI=1S/C8H9F8N/c1-6(2,10)3-17-5(9)4(7(11,12)13)8(14,15)16/h4H,3H2,1-2H3. The molecule has 0 fully saturated rings. The Balaban J connectivity index is 5.10. The van der Waals surface area contributed by atoms with Gasteiger partial charge in [-0.3, -0.25) is 4.99 Å². The minimum absolute atomic E-state index is 0.847. The van der Waals surface area contributed by atoms with Crippen LogP contribution in [0.25, 0.3) is 0 Å². The van der Waals surface area contributed by atoms with Gasteiger partial charge in [-0.1, -0.05) is 0 Å². The lowest BCUT2D eigenvalue weighted by Crippen LogP contribution is -2.41. The first kappa shape index (κ1) is 16.1. The van der Waals surface area contributed by atoms with Crippen molar-refractivity contribution < 1.29 is 35.1 Å². The Morgan fingerprint density at radius 2 is 1.29 bits per heavy atom. The van der Waals surface area contributed by atoms with E-state index >= 15 is 0 Å². The van der Waals surface area contributed by atoms with E-state index in [4.69, 9.17) is 0 Å². The summed E-state index contributed by atoms with van der Waals surface area (Å²) in [6.45, 7) is 0.571. The monoisotopic (exact) mass is 271 g/mol. The van der Waals surface area contributed by atoms with Crippen molar-refractivity contribution in [3.8, 4) is 0 Å². The summed E-state index contributed by atoms with van der Waals surface area (Å²) >= 11 is 0. The van der Waals surface area contributed by atoms with Crippen LogP contribution >= 0.6 is 0 Å². The molecule has 0 aliphatic heterocycles. The molecule has 0 spiro atoms. The highest BCUT2D eigenvalue weighted by Gasteiger charge is 2.60. The molecule has 0 aromatic rings. The Bertz CT molecular complexity index is 267. The molecule has 0 amide bonds. The van der Waals surface area contributed by atoms with Crippen LogP contribution in [0.4, 0.5) is 35.1 Å². The van der Waals surface area contributed by atoms with Gasteiger partial charge in [0.2, 0.25) is 11.9 Å². The lowest BCUT2D eigenvalue weighted by molar-refractivity contribution is -0.262. The predicted octanol–water partition coefficient (Wildman–Crippen LogP) is 3.84. The van der Waals surface area contributed by atoms with Crippen LogP contribution in [0.1, 0.15) is 13.8 Å². The maximum absolute atomic E-state index is 12.8. The smallest absolute Gasteiger partial charge is 0.258 e. The van der Waals surface area contributed by atoms with E-state index in [0.717, 1.165) is 13.8 Å². The number of hydrogen-bond donors (Lipinski definition) is 0. The Morgan fingerprint density at radius 3 is 1.53 bits per heavy atom. The fourth-order valence-electron chi connectivity index (χ4n) is 0.810. The molecule has 0 saturated heterocycles. The summed E-state index contributed by atoms with van der Waals surface area (Å²) in [5, 5.41) is 0. The first-order chi connectivity index (χ1) is 7.25. The molecule has 9 heteroatoms. The van der Waals surface area contributed by atoms with Crippen molar-refractivity contribution in [3.63, 3.8) is 0 Å². The normalized spacial score (nSPS) is 15.6. The number of alkyl halides is 7. The zero-order valence-corrected chi connectivity index (χ0v) is 8.76. The van der Waals surface area contributed by atoms with Gasteiger partial charge in [0.1, 0.15) is 5.67 Å². The molecule has 0 unspecified atom stereocenters. The molecule has 0 radical (unpaired) electrons. The maximum atomic E-state index is 12.8. The van der Waals surface area contributed by atoms with E-state index in [1.54, 1.807) is 0 Å². The summed E-state index contributed by atoms with van der Waals surface area (Å²) < 4.78 is 97.2. The quantitative estimate of drug-likeness (QED) is 0.546. The van der Waals surface area contributed by atoms with E-state index in [2.05, 4.69) is 4.99 Å². The van der Waals surface area contributed by atoms with Gasteiger partial charge in [-0.05, 0) is 13.8 Å². The van der Waals surface area contributed by atoms with Crippen LogP contribution in [0.5, 0.6) is 0 Å². The SMILES string of the molecule is CC(C)(F)CN=C(F)C(C(F)(F)F)C(F)(F)F. The number of aliphatic imine (C=N–C) groups is 1. The van der Waals surface area contributed by atoms with Gasteiger partial charge < -0.3 is 0 Å². The molecule has 0 rings (SSSR count). The molecule has 0 heterocycles. The summed E-state index contributed by atoms with van der Waals surface area (Å²) in [6.07, 6.45) is -11.7. The van der Waals surface area contributed by atoms with Gasteiger partial charge in [0.25, 0.3) is 0 Å². The summed E-state index contributed by atoms with van der Waals surface area (Å²) in [5.41, 5.74) is -2.20. The van der Waals surface area contributed by atoms with Gasteiger partial charge in [0, 0.05) is 0 Å². The average Bonchev–Trinajstić information content (AvgIpc) is 1.93. The maximum Gasteiger partial charge on any atom is 0.408 e. The molecule has 0 bridgehead atoms. The molecular formula is C8H9F8N. The summed E-state index contributed by atoms with van der Waals surface area (Å²) in [4.78, 5) is 2.36. The minimum atomic E-state index is -5.85. The molecular weight excluding hydrogens is 262 g/mol. The fraction of sp³-hybridized carbons (Fsp3) is 0.875. The fourth-order valence-corrected chi connectivity index (χ4v) is 0.810. The lowest BCUT2D eigenvalue weighted by atomic mass is 10.1. The molecule has 0 aliphatic rings. The van der Waals surface area contributed by atoms with E-state index in [-0.39, 0.29) is 0 Å². The Labute approximate surface area is 91.5 Å². The molecule has 0 aromatic carbocycles. The molecule has 0 atom stereocenters. The van der Waals surface area contributed by atoms with Crippen molar-refractivity contribution in [2.24, 2.45) is 10.9 Å². The van der Waals surface area contributed by atoms with E-state index in [0.29, 0.717) is 0 Å². The zero-order valence-electron chi connectivity index (χ0n) is 8.76. The highest BCUT2D eigenvalue weighted by atomic mass is 19.4. The molecule has 0 aromatic heterocycles. The second kappa shape index (κ2) is 4.77. The van der Waals surface area contributed by atoms with Crippen LogP contribution in [0.3, 0.4) is 0 Å². The largest absolute Gasteiger partial charge is 0.408 e. The Morgan fingerprint density at radius 1 is 0.941 bits per heavy atom. The lowest BCUT2D eigenvalue weighted by Gasteiger charge is -2.21. The molecule has 17 heavy (non-hydrogen) atoms. The van der Waals surface area contributed by atoms with Gasteiger partial charge in [0.15, 0.2) is 0 Å². The number of nitrogens with zero attached hydrogens (tertiary/aromatic N) is 1. The van der Waals surface area contributed by atoms with Crippen molar-refractivity contribution in [1.82, 2.24) is 0 Å². The Kier molecular flexibility index (Phi) is 4.52. The van der Waals surface area contributed by atoms with E-state index in [1.165, 1.54) is 0 Å². The third-order valence-corrected chi connectivity index (χ3v) is 1.50. The molecule has 1 nitrogen and oxygen atoms in total. The zero-order chi connectivity index (χ0) is 14.1. The number of halogens is 8. The van der Waals surface area contributed by atoms with Crippen molar-refractivity contribution in [2.45, 2.75) is 31.9 Å². The van der Waals surface area contributed by atoms with E-state index < -0.39 is 36.4 Å². The van der Waals surface area contributed by atoms with Gasteiger partial charge in [-0.2, -0.15) is 30.7 Å². The van der Waals surface area contributed by atoms with Crippen LogP contribution in [0, 0.1) is 5.92 Å². The average molecular weight is 271 g/mol. The van der Waals surface area contributed by atoms with Gasteiger partial charge in [-0.25, -0.2) is 4.39 Å². The topological polar surface area (TPSA) is 12.4 Å². The highest BCUT2D eigenvalue weighted by Crippen LogP contribution is 2.40. The third-order valence-electron chi connectivity index (χ3n) is 1.50. The third kappa shape index (κ3) is 5.83. The first-order valence-corrected chi connectivity index (χ1v) is 4.27. The van der Waals surface area contributed by atoms with Gasteiger partial charge in [0.05, 0.1) is 6.54 Å².